The molecule has 2 rings (SSSR count). The third kappa shape index (κ3) is 3.09. The van der Waals surface area contributed by atoms with E-state index in [1.165, 1.54) is 12.1 Å². The topological polar surface area (TPSA) is 127 Å². The number of aromatic carboxylic acids is 1. The molecule has 8 heteroatoms. The monoisotopic (exact) mass is 299 g/mol. The van der Waals surface area contributed by atoms with Crippen molar-refractivity contribution in [1.29, 1.82) is 0 Å². The number of sulfonamides is 1. The molecule has 1 aliphatic heterocycles. The zero-order valence-electron chi connectivity index (χ0n) is 10.8. The van der Waals surface area contributed by atoms with Gasteiger partial charge in [-0.1, -0.05) is 0 Å². The van der Waals surface area contributed by atoms with E-state index in [-0.39, 0.29) is 16.5 Å². The van der Waals surface area contributed by atoms with E-state index in [1.807, 2.05) is 4.90 Å². The lowest BCUT2D eigenvalue weighted by molar-refractivity contribution is 0.0697. The highest BCUT2D eigenvalue weighted by Crippen LogP contribution is 2.26. The minimum atomic E-state index is -3.92. The second-order valence-corrected chi connectivity index (χ2v) is 6.44. The quantitative estimate of drug-likeness (QED) is 0.718. The van der Waals surface area contributed by atoms with Crippen LogP contribution in [0.2, 0.25) is 0 Å². The van der Waals surface area contributed by atoms with Crippen molar-refractivity contribution in [1.82, 2.24) is 0 Å². The Morgan fingerprint density at radius 2 is 2.10 bits per heavy atom. The van der Waals surface area contributed by atoms with Gasteiger partial charge in [-0.3, -0.25) is 0 Å². The van der Waals surface area contributed by atoms with Gasteiger partial charge >= 0.3 is 5.97 Å². The number of piperidine rings is 1. The highest BCUT2D eigenvalue weighted by Gasteiger charge is 2.23. The molecular formula is C12H17N3O4S. The van der Waals surface area contributed by atoms with Gasteiger partial charge in [-0.25, -0.2) is 18.4 Å². The van der Waals surface area contributed by atoms with E-state index in [0.29, 0.717) is 18.8 Å². The van der Waals surface area contributed by atoms with Crippen molar-refractivity contribution in [2.24, 2.45) is 10.9 Å². The van der Waals surface area contributed by atoms with Gasteiger partial charge in [0.25, 0.3) is 0 Å². The Kier molecular flexibility index (Phi) is 3.98. The Labute approximate surface area is 117 Å². The lowest BCUT2D eigenvalue weighted by Crippen LogP contribution is -2.43. The predicted octanol–water partition coefficient (Wildman–Crippen LogP) is -0.0403. The van der Waals surface area contributed by atoms with E-state index in [2.05, 4.69) is 0 Å². The summed E-state index contributed by atoms with van der Waals surface area (Å²) in [4.78, 5) is 13.0. The van der Waals surface area contributed by atoms with Gasteiger partial charge in [-0.2, -0.15) is 0 Å². The normalized spacial score (nSPS) is 19.9. The van der Waals surface area contributed by atoms with Crippen molar-refractivity contribution in [3.8, 4) is 0 Å². The molecule has 0 saturated carbocycles. The standard InChI is InChI=1S/C12H17N3O4S/c13-8-2-1-5-15(7-8)11-4-3-9(20(14,18)19)6-10(11)12(16)17/h3-4,6,8H,1-2,5,7,13H2,(H,16,17)(H2,14,18,19). The number of anilines is 1. The Balaban J connectivity index is 2.45. The summed E-state index contributed by atoms with van der Waals surface area (Å²) >= 11 is 0. The highest BCUT2D eigenvalue weighted by atomic mass is 32.2. The van der Waals surface area contributed by atoms with Crippen LogP contribution in [0, 0.1) is 0 Å². The summed E-state index contributed by atoms with van der Waals surface area (Å²) in [6.45, 7) is 1.25. The summed E-state index contributed by atoms with van der Waals surface area (Å²) in [5.41, 5.74) is 6.28. The Morgan fingerprint density at radius 3 is 2.65 bits per heavy atom. The fourth-order valence-electron chi connectivity index (χ4n) is 2.37. The van der Waals surface area contributed by atoms with E-state index in [0.717, 1.165) is 18.9 Å². The first kappa shape index (κ1) is 14.8. The van der Waals surface area contributed by atoms with Gasteiger partial charge in [-0.05, 0) is 31.0 Å². The molecule has 5 N–H and O–H groups in total. The second kappa shape index (κ2) is 5.39. The van der Waals surface area contributed by atoms with Crippen LogP contribution in [0.5, 0.6) is 0 Å². The number of hydrogen-bond acceptors (Lipinski definition) is 5. The summed E-state index contributed by atoms with van der Waals surface area (Å²) in [7, 11) is -3.92. The maximum atomic E-state index is 11.3. The summed E-state index contributed by atoms with van der Waals surface area (Å²) in [5, 5.41) is 14.3. The largest absolute Gasteiger partial charge is 0.478 e. The van der Waals surface area contributed by atoms with E-state index >= 15 is 0 Å². The minimum Gasteiger partial charge on any atom is -0.478 e. The molecule has 20 heavy (non-hydrogen) atoms. The molecule has 0 spiro atoms. The number of carboxylic acid groups (broad SMARTS) is 1. The van der Waals surface area contributed by atoms with Crippen molar-refractivity contribution >= 4 is 21.7 Å². The fraction of sp³-hybridized carbons (Fsp3) is 0.417. The first-order valence-electron chi connectivity index (χ1n) is 6.19. The van der Waals surface area contributed by atoms with Gasteiger partial charge in [0, 0.05) is 19.1 Å². The number of carboxylic acids is 1. The molecule has 0 radical (unpaired) electrons. The third-order valence-corrected chi connectivity index (χ3v) is 4.24. The molecule has 110 valence electrons. The molecule has 0 bridgehead atoms. The second-order valence-electron chi connectivity index (χ2n) is 4.88. The van der Waals surface area contributed by atoms with Crippen molar-refractivity contribution in [2.75, 3.05) is 18.0 Å². The van der Waals surface area contributed by atoms with Crippen LogP contribution < -0.4 is 15.8 Å². The number of benzene rings is 1. The summed E-state index contributed by atoms with van der Waals surface area (Å²) in [6.07, 6.45) is 1.77. The number of rotatable bonds is 3. The number of hydrogen-bond donors (Lipinski definition) is 3. The van der Waals surface area contributed by atoms with Crippen LogP contribution in [0.3, 0.4) is 0 Å². The number of nitrogens with two attached hydrogens (primary N) is 2. The summed E-state index contributed by atoms with van der Waals surface area (Å²) < 4.78 is 22.6. The van der Waals surface area contributed by atoms with Crippen molar-refractivity contribution in [3.63, 3.8) is 0 Å². The lowest BCUT2D eigenvalue weighted by Gasteiger charge is -2.33. The van der Waals surface area contributed by atoms with Crippen LogP contribution in [-0.4, -0.2) is 38.6 Å². The Bertz CT molecular complexity index is 630. The highest BCUT2D eigenvalue weighted by molar-refractivity contribution is 7.89. The maximum absolute atomic E-state index is 11.3. The summed E-state index contributed by atoms with van der Waals surface area (Å²) in [5.74, 6) is -1.19. The first-order valence-corrected chi connectivity index (χ1v) is 7.74. The van der Waals surface area contributed by atoms with Gasteiger partial charge in [0.1, 0.15) is 0 Å². The van der Waals surface area contributed by atoms with E-state index < -0.39 is 16.0 Å². The Morgan fingerprint density at radius 1 is 1.40 bits per heavy atom. The van der Waals surface area contributed by atoms with Gasteiger partial charge in [-0.15, -0.1) is 0 Å². The zero-order chi connectivity index (χ0) is 14.9. The molecule has 0 aromatic heterocycles. The molecule has 1 aromatic rings. The molecule has 1 atom stereocenters. The molecule has 1 heterocycles. The number of nitrogens with zero attached hydrogens (tertiary/aromatic N) is 1. The average molecular weight is 299 g/mol. The van der Waals surface area contributed by atoms with Crippen LogP contribution >= 0.6 is 0 Å². The maximum Gasteiger partial charge on any atom is 0.337 e. The van der Waals surface area contributed by atoms with E-state index in [1.54, 1.807) is 0 Å². The van der Waals surface area contributed by atoms with Gasteiger partial charge < -0.3 is 15.7 Å². The van der Waals surface area contributed by atoms with Crippen molar-refractivity contribution in [2.45, 2.75) is 23.8 Å². The molecule has 1 fully saturated rings. The van der Waals surface area contributed by atoms with E-state index in [4.69, 9.17) is 10.9 Å². The third-order valence-electron chi connectivity index (χ3n) is 3.33. The van der Waals surface area contributed by atoms with Crippen LogP contribution in [0.25, 0.3) is 0 Å². The molecule has 0 aliphatic carbocycles. The van der Waals surface area contributed by atoms with Crippen LogP contribution in [-0.2, 0) is 10.0 Å². The smallest absolute Gasteiger partial charge is 0.337 e. The number of carbonyl (C=O) groups is 1. The minimum absolute atomic E-state index is 0.0108. The van der Waals surface area contributed by atoms with Gasteiger partial charge in [0.15, 0.2) is 0 Å². The van der Waals surface area contributed by atoms with Gasteiger partial charge in [0.05, 0.1) is 16.1 Å². The van der Waals surface area contributed by atoms with Crippen LogP contribution in [0.15, 0.2) is 23.1 Å². The first-order chi connectivity index (χ1) is 9.29. The summed E-state index contributed by atoms with van der Waals surface area (Å²) in [6, 6.07) is 3.87. The SMILES string of the molecule is NC1CCCN(c2ccc(S(N)(=O)=O)cc2C(=O)O)C1. The van der Waals surface area contributed by atoms with E-state index in [9.17, 15) is 18.3 Å². The Hall–Kier alpha value is -1.64. The molecule has 1 saturated heterocycles. The molecule has 1 aromatic carbocycles. The van der Waals surface area contributed by atoms with Crippen molar-refractivity contribution < 1.29 is 18.3 Å². The lowest BCUT2D eigenvalue weighted by atomic mass is 10.0. The van der Waals surface area contributed by atoms with Crippen molar-refractivity contribution in [3.05, 3.63) is 23.8 Å². The fourth-order valence-corrected chi connectivity index (χ4v) is 2.91. The zero-order valence-corrected chi connectivity index (χ0v) is 11.6. The van der Waals surface area contributed by atoms with Crippen LogP contribution in [0.1, 0.15) is 23.2 Å². The predicted molar refractivity (Wildman–Crippen MR) is 74.2 cm³/mol. The molecule has 1 aliphatic rings. The number of primary sulfonamides is 1. The molecule has 7 nitrogen and oxygen atoms in total. The molecule has 0 amide bonds. The van der Waals surface area contributed by atoms with Crippen LogP contribution in [0.4, 0.5) is 5.69 Å². The average Bonchev–Trinajstić information content (AvgIpc) is 2.37. The molecule has 1 unspecified atom stereocenters. The molecular weight excluding hydrogens is 282 g/mol. The van der Waals surface area contributed by atoms with Gasteiger partial charge in [0.2, 0.25) is 10.0 Å².